The number of carbonyl (C=O) groups excluding carboxylic acids is 1. The summed E-state index contributed by atoms with van der Waals surface area (Å²) in [7, 11) is -2.59. The minimum Gasteiger partial charge on any atom is -0.465 e. The summed E-state index contributed by atoms with van der Waals surface area (Å²) < 4.78 is 120. The molecule has 18 heteroatoms. The molecule has 0 aliphatic carbocycles. The molecule has 11 nitrogen and oxygen atoms in total. The number of nitrogen functional groups attached to an aromatic ring is 1. The highest BCUT2D eigenvalue weighted by atomic mass is 32.2. The molecule has 0 saturated carbocycles. The van der Waals surface area contributed by atoms with Crippen LogP contribution in [0.3, 0.4) is 0 Å². The lowest BCUT2D eigenvalue weighted by molar-refractivity contribution is -0.140. The summed E-state index contributed by atoms with van der Waals surface area (Å²) in [4.78, 5) is 38.5. The molecule has 0 radical (unpaired) electrons. The summed E-state index contributed by atoms with van der Waals surface area (Å²) in [6, 6.07) is 3.57. The summed E-state index contributed by atoms with van der Waals surface area (Å²) in [6.07, 6.45) is -10.3. The Bertz CT molecular complexity index is 1900. The van der Waals surface area contributed by atoms with E-state index in [1.54, 1.807) is 41.5 Å². The second-order valence-electron chi connectivity index (χ2n) is 11.9. The van der Waals surface area contributed by atoms with Gasteiger partial charge in [-0.15, -0.1) is 0 Å². The van der Waals surface area contributed by atoms with Crippen LogP contribution in [0.5, 0.6) is 0 Å². The van der Waals surface area contributed by atoms with Crippen LogP contribution in [-0.2, 0) is 42.3 Å². The number of fused-ring (bicyclic) bond motifs is 1. The first-order valence-corrected chi connectivity index (χ1v) is 17.4. The standard InChI is InChI=1S/C17H21F3N2O5S.C15H20F3NO3/c1-5-14(27-9(2)3)10-6-11-13(7-12(10)17(18,19)20)21-16(24)22(15(11)23)8-28(4,25)26;1-5-13(22-8(2)3)9-6-10(14(20)21-4)12(19)7-11(9)15(16,17)18/h6-7,9,14H,5,8H2,1-4H3,(H,21,24);6-8,13H,5,19H2,1-4H3. The molecule has 0 fully saturated rings. The number of aromatic amines is 1. The smallest absolute Gasteiger partial charge is 0.416 e. The molecule has 3 rings (SSSR count). The quantitative estimate of drug-likeness (QED) is 0.126. The van der Waals surface area contributed by atoms with Gasteiger partial charge >= 0.3 is 24.0 Å². The lowest BCUT2D eigenvalue weighted by Crippen LogP contribution is -2.37. The molecule has 1 heterocycles. The third-order valence-corrected chi connectivity index (χ3v) is 7.79. The van der Waals surface area contributed by atoms with E-state index >= 15 is 0 Å². The molecule has 2 atom stereocenters. The Morgan fingerprint density at radius 2 is 1.32 bits per heavy atom. The SMILES string of the molecule is CCC(OC(C)C)c1cc(C(=O)OC)c(N)cc1C(F)(F)F.CCC(OC(C)C)c1cc2c(=O)n(CS(C)(=O)=O)c(=O)[nH]c2cc1C(F)(F)F. The highest BCUT2D eigenvalue weighted by Gasteiger charge is 2.38. The van der Waals surface area contributed by atoms with Crippen molar-refractivity contribution in [3.8, 4) is 0 Å². The van der Waals surface area contributed by atoms with Crippen LogP contribution in [0, 0.1) is 0 Å². The third-order valence-electron chi connectivity index (χ3n) is 7.06. The van der Waals surface area contributed by atoms with Gasteiger partial charge in [-0.05, 0) is 75.9 Å². The minimum absolute atomic E-state index is 0.101. The molecule has 0 saturated heterocycles. The number of sulfone groups is 1. The monoisotopic (exact) mass is 741 g/mol. The van der Waals surface area contributed by atoms with Gasteiger partial charge in [-0.25, -0.2) is 22.6 Å². The van der Waals surface area contributed by atoms with Gasteiger partial charge in [0.2, 0.25) is 0 Å². The number of nitrogens with zero attached hydrogens (tertiary/aromatic N) is 1. The van der Waals surface area contributed by atoms with Crippen molar-refractivity contribution in [2.45, 2.75) is 97.0 Å². The van der Waals surface area contributed by atoms with Gasteiger partial charge in [0.15, 0.2) is 9.84 Å². The van der Waals surface area contributed by atoms with Gasteiger partial charge in [-0.1, -0.05) is 13.8 Å². The van der Waals surface area contributed by atoms with Crippen LogP contribution in [0.15, 0.2) is 33.9 Å². The van der Waals surface area contributed by atoms with Crippen molar-refractivity contribution in [2.75, 3.05) is 19.1 Å². The Hall–Kier alpha value is -3.90. The van der Waals surface area contributed by atoms with E-state index in [4.69, 9.17) is 15.2 Å². The number of hydrogen-bond acceptors (Lipinski definition) is 9. The molecule has 2 aromatic carbocycles. The highest BCUT2D eigenvalue weighted by molar-refractivity contribution is 7.89. The second-order valence-corrected chi connectivity index (χ2v) is 14.0. The number of ether oxygens (including phenoxy) is 3. The van der Waals surface area contributed by atoms with Crippen molar-refractivity contribution >= 4 is 32.4 Å². The summed E-state index contributed by atoms with van der Waals surface area (Å²) in [5.41, 5.74) is 0.495. The molecule has 0 aliphatic heterocycles. The van der Waals surface area contributed by atoms with Gasteiger partial charge in [0.1, 0.15) is 5.88 Å². The van der Waals surface area contributed by atoms with Crippen molar-refractivity contribution in [1.82, 2.24) is 9.55 Å². The lowest BCUT2D eigenvalue weighted by Gasteiger charge is -2.24. The topological polar surface area (TPSA) is 160 Å². The van der Waals surface area contributed by atoms with Gasteiger partial charge in [0.25, 0.3) is 5.56 Å². The first-order chi connectivity index (χ1) is 22.9. The first kappa shape index (κ1) is 42.3. The van der Waals surface area contributed by atoms with Crippen LogP contribution in [0.25, 0.3) is 10.9 Å². The molecule has 2 unspecified atom stereocenters. The van der Waals surface area contributed by atoms with E-state index in [-0.39, 0.29) is 51.9 Å². The van der Waals surface area contributed by atoms with Crippen LogP contribution >= 0.6 is 0 Å². The molecular weight excluding hydrogens is 700 g/mol. The van der Waals surface area contributed by atoms with Crippen LogP contribution < -0.4 is 17.0 Å². The number of anilines is 1. The predicted molar refractivity (Wildman–Crippen MR) is 174 cm³/mol. The van der Waals surface area contributed by atoms with E-state index < -0.39 is 68.6 Å². The van der Waals surface area contributed by atoms with E-state index in [1.807, 2.05) is 0 Å². The van der Waals surface area contributed by atoms with Crippen molar-refractivity contribution < 1.29 is 53.8 Å². The first-order valence-electron chi connectivity index (χ1n) is 15.3. The van der Waals surface area contributed by atoms with E-state index in [2.05, 4.69) is 9.72 Å². The average Bonchev–Trinajstić information content (AvgIpc) is 2.98. The lowest BCUT2D eigenvalue weighted by atomic mass is 9.96. The second kappa shape index (κ2) is 16.4. The molecule has 280 valence electrons. The Kier molecular flexibility index (Phi) is 13.9. The van der Waals surface area contributed by atoms with Crippen molar-refractivity contribution in [3.63, 3.8) is 0 Å². The molecule has 0 bridgehead atoms. The fraction of sp³-hybridized carbons (Fsp3) is 0.531. The summed E-state index contributed by atoms with van der Waals surface area (Å²) in [6.45, 7) is 10.2. The van der Waals surface area contributed by atoms with E-state index in [0.29, 0.717) is 17.1 Å². The van der Waals surface area contributed by atoms with Gasteiger partial charge in [0, 0.05) is 11.9 Å². The maximum absolute atomic E-state index is 13.6. The Balaban J connectivity index is 0.000000358. The number of nitrogens with one attached hydrogen (secondary N) is 1. The van der Waals surface area contributed by atoms with Gasteiger partial charge in [-0.2, -0.15) is 26.3 Å². The number of aromatic nitrogens is 2. The van der Waals surface area contributed by atoms with E-state index in [9.17, 15) is 49.1 Å². The zero-order valence-corrected chi connectivity index (χ0v) is 29.5. The molecule has 3 N–H and O–H groups in total. The largest absolute Gasteiger partial charge is 0.465 e. The normalized spacial score (nSPS) is 13.7. The average molecular weight is 742 g/mol. The van der Waals surface area contributed by atoms with Crippen LogP contribution in [0.1, 0.15) is 99.2 Å². The van der Waals surface area contributed by atoms with Gasteiger partial charge in [0.05, 0.1) is 59.1 Å². The Morgan fingerprint density at radius 3 is 1.72 bits per heavy atom. The number of hydrogen-bond donors (Lipinski definition) is 2. The van der Waals surface area contributed by atoms with Gasteiger partial charge in [-0.3, -0.25) is 4.79 Å². The highest BCUT2D eigenvalue weighted by Crippen LogP contribution is 2.40. The number of rotatable bonds is 11. The number of alkyl halides is 6. The summed E-state index contributed by atoms with van der Waals surface area (Å²) in [5.74, 6) is -1.67. The number of methoxy groups -OCH3 is 1. The van der Waals surface area contributed by atoms with Crippen molar-refractivity contribution in [2.24, 2.45) is 0 Å². The van der Waals surface area contributed by atoms with Crippen molar-refractivity contribution in [3.05, 3.63) is 72.9 Å². The minimum atomic E-state index is -4.74. The number of benzene rings is 2. The zero-order valence-electron chi connectivity index (χ0n) is 28.7. The Morgan fingerprint density at radius 1 is 0.860 bits per heavy atom. The predicted octanol–water partition coefficient (Wildman–Crippen LogP) is 6.54. The molecule has 3 aromatic rings. The number of H-pyrrole nitrogens is 1. The number of halogens is 6. The fourth-order valence-electron chi connectivity index (χ4n) is 5.05. The summed E-state index contributed by atoms with van der Waals surface area (Å²) in [5, 5.41) is -0.225. The number of nitrogens with two attached hydrogens (primary N) is 1. The molecule has 50 heavy (non-hydrogen) atoms. The number of esters is 1. The Labute approximate surface area is 284 Å². The van der Waals surface area contributed by atoms with Crippen LogP contribution in [0.2, 0.25) is 0 Å². The van der Waals surface area contributed by atoms with Crippen molar-refractivity contribution in [1.29, 1.82) is 0 Å². The molecule has 0 aliphatic rings. The third kappa shape index (κ3) is 10.8. The maximum atomic E-state index is 13.6. The fourth-order valence-corrected chi connectivity index (χ4v) is 5.75. The molecular formula is C32H41F6N3O8S. The molecule has 0 spiro atoms. The summed E-state index contributed by atoms with van der Waals surface area (Å²) >= 11 is 0. The van der Waals surface area contributed by atoms with E-state index in [0.717, 1.165) is 31.6 Å². The maximum Gasteiger partial charge on any atom is 0.416 e. The van der Waals surface area contributed by atoms with Crippen LogP contribution in [0.4, 0.5) is 32.0 Å². The van der Waals surface area contributed by atoms with E-state index in [1.165, 1.54) is 0 Å². The molecule has 1 aromatic heterocycles. The van der Waals surface area contributed by atoms with Crippen LogP contribution in [-0.4, -0.2) is 49.5 Å². The van der Waals surface area contributed by atoms with Gasteiger partial charge < -0.3 is 24.9 Å². The zero-order chi connectivity index (χ0) is 38.5. The number of carbonyl (C=O) groups is 1. The molecule has 0 amide bonds.